The van der Waals surface area contributed by atoms with Crippen LogP contribution in [-0.4, -0.2) is 16.0 Å². The predicted molar refractivity (Wildman–Crippen MR) is 78.9 cm³/mol. The minimum atomic E-state index is 0.198. The molecule has 5 heteroatoms. The van der Waals surface area contributed by atoms with Crippen LogP contribution in [0.4, 0.5) is 11.6 Å². The second kappa shape index (κ2) is 6.02. The van der Waals surface area contributed by atoms with Gasteiger partial charge in [-0.3, -0.25) is 0 Å². The van der Waals surface area contributed by atoms with Gasteiger partial charge in [0.15, 0.2) is 0 Å². The van der Waals surface area contributed by atoms with Crippen molar-refractivity contribution in [2.24, 2.45) is 0 Å². The molecule has 0 atom stereocenters. The summed E-state index contributed by atoms with van der Waals surface area (Å²) in [5.41, 5.74) is 8.11. The lowest BCUT2D eigenvalue weighted by molar-refractivity contribution is 0.660. The molecule has 0 aliphatic heterocycles. The van der Waals surface area contributed by atoms with Gasteiger partial charge < -0.3 is 10.6 Å². The molecule has 0 spiro atoms. The predicted octanol–water partition coefficient (Wildman–Crippen LogP) is 2.35. The lowest BCUT2D eigenvalue weighted by Gasteiger charge is -2.27. The maximum Gasteiger partial charge on any atom is 0.227 e. The fraction of sp³-hybridized carbons (Fsp3) is 0.267. The first-order valence-corrected chi connectivity index (χ1v) is 6.45. The molecule has 102 valence electrons. The fourth-order valence-electron chi connectivity index (χ4n) is 1.89. The molecule has 0 fully saturated rings. The van der Waals surface area contributed by atoms with E-state index in [4.69, 9.17) is 11.0 Å². The number of nitrogens with two attached hydrogens (primary N) is 1. The molecule has 2 aromatic rings. The Morgan fingerprint density at radius 1 is 1.30 bits per heavy atom. The highest BCUT2D eigenvalue weighted by Crippen LogP contribution is 2.19. The topological polar surface area (TPSA) is 78.8 Å². The van der Waals surface area contributed by atoms with Gasteiger partial charge in [0, 0.05) is 24.5 Å². The third-order valence-electron chi connectivity index (χ3n) is 3.03. The zero-order valence-corrected chi connectivity index (χ0v) is 11.6. The Hall–Kier alpha value is -2.61. The summed E-state index contributed by atoms with van der Waals surface area (Å²) >= 11 is 0. The number of rotatable bonds is 4. The zero-order chi connectivity index (χ0) is 14.5. The molecule has 0 aliphatic carbocycles. The van der Waals surface area contributed by atoms with Gasteiger partial charge in [0.05, 0.1) is 0 Å². The molecule has 2 rings (SSSR count). The Bertz CT molecular complexity index is 630. The lowest BCUT2D eigenvalue weighted by atomic mass is 10.1. The van der Waals surface area contributed by atoms with Crippen molar-refractivity contribution in [3.05, 3.63) is 47.8 Å². The van der Waals surface area contributed by atoms with Crippen LogP contribution in [0.25, 0.3) is 0 Å². The summed E-state index contributed by atoms with van der Waals surface area (Å²) in [4.78, 5) is 10.5. The molecule has 0 radical (unpaired) electrons. The number of hydrogen-bond donors (Lipinski definition) is 1. The van der Waals surface area contributed by atoms with Gasteiger partial charge in [-0.25, -0.2) is 9.97 Å². The van der Waals surface area contributed by atoms with Crippen molar-refractivity contribution < 1.29 is 0 Å². The van der Waals surface area contributed by atoms with E-state index in [1.807, 2.05) is 35.2 Å². The molecular weight excluding hydrogens is 250 g/mol. The Kier molecular flexibility index (Phi) is 4.16. The number of hydrogen-bond acceptors (Lipinski definition) is 5. The summed E-state index contributed by atoms with van der Waals surface area (Å²) < 4.78 is 0. The van der Waals surface area contributed by atoms with Gasteiger partial charge in [-0.2, -0.15) is 5.26 Å². The molecule has 20 heavy (non-hydrogen) atoms. The number of benzene rings is 1. The van der Waals surface area contributed by atoms with Crippen LogP contribution in [-0.2, 0) is 6.54 Å². The van der Waals surface area contributed by atoms with E-state index in [2.05, 4.69) is 23.8 Å². The fourth-order valence-corrected chi connectivity index (χ4v) is 1.89. The van der Waals surface area contributed by atoms with E-state index in [1.54, 1.807) is 12.3 Å². The summed E-state index contributed by atoms with van der Waals surface area (Å²) in [5, 5.41) is 8.94. The molecule has 2 N–H and O–H groups in total. The molecule has 1 aromatic carbocycles. The Morgan fingerprint density at radius 3 is 2.70 bits per heavy atom. The van der Waals surface area contributed by atoms with Crippen molar-refractivity contribution in [3.63, 3.8) is 0 Å². The molecule has 0 saturated heterocycles. The Balaban J connectivity index is 2.32. The van der Waals surface area contributed by atoms with E-state index >= 15 is 0 Å². The molecule has 0 unspecified atom stereocenters. The van der Waals surface area contributed by atoms with Crippen molar-refractivity contribution in [2.45, 2.75) is 26.4 Å². The van der Waals surface area contributed by atoms with Gasteiger partial charge in [-0.15, -0.1) is 0 Å². The number of nitrogen functional groups attached to an aromatic ring is 1. The summed E-state index contributed by atoms with van der Waals surface area (Å²) in [6.45, 7) is 4.72. The summed E-state index contributed by atoms with van der Waals surface area (Å²) in [7, 11) is 0. The highest BCUT2D eigenvalue weighted by molar-refractivity contribution is 5.49. The van der Waals surface area contributed by atoms with Crippen molar-refractivity contribution in [3.8, 4) is 6.07 Å². The minimum Gasteiger partial charge on any atom is -0.398 e. The van der Waals surface area contributed by atoms with E-state index in [0.29, 0.717) is 18.2 Å². The highest BCUT2D eigenvalue weighted by Gasteiger charge is 2.15. The highest BCUT2D eigenvalue weighted by atomic mass is 15.3. The molecule has 1 aromatic heterocycles. The normalized spacial score (nSPS) is 10.3. The van der Waals surface area contributed by atoms with E-state index in [1.165, 1.54) is 0 Å². The number of aromatic nitrogens is 2. The molecular formula is C15H17N5. The van der Waals surface area contributed by atoms with Crippen LogP contribution >= 0.6 is 0 Å². The maximum absolute atomic E-state index is 8.94. The van der Waals surface area contributed by atoms with Crippen molar-refractivity contribution in [2.75, 3.05) is 10.6 Å². The van der Waals surface area contributed by atoms with Gasteiger partial charge in [-0.1, -0.05) is 18.2 Å². The third kappa shape index (κ3) is 3.04. The smallest absolute Gasteiger partial charge is 0.227 e. The molecule has 0 saturated carbocycles. The first kappa shape index (κ1) is 13.8. The second-order valence-corrected chi connectivity index (χ2v) is 4.77. The van der Waals surface area contributed by atoms with E-state index < -0.39 is 0 Å². The van der Waals surface area contributed by atoms with Crippen molar-refractivity contribution in [1.29, 1.82) is 5.26 Å². The standard InChI is InChI=1S/C15H17N5/c1-11(2)20(10-12-5-3-4-6-14(12)17)15-18-8-7-13(9-16)19-15/h3-8,11H,10,17H2,1-2H3. The number of nitrogens with zero attached hydrogens (tertiary/aromatic N) is 4. The first-order chi connectivity index (χ1) is 9.61. The number of nitriles is 1. The number of anilines is 2. The summed E-state index contributed by atoms with van der Waals surface area (Å²) in [5.74, 6) is 0.544. The summed E-state index contributed by atoms with van der Waals surface area (Å²) in [6.07, 6.45) is 1.60. The average Bonchev–Trinajstić information content (AvgIpc) is 2.46. The van der Waals surface area contributed by atoms with Crippen LogP contribution in [0, 0.1) is 11.3 Å². The van der Waals surface area contributed by atoms with Crippen LogP contribution < -0.4 is 10.6 Å². The second-order valence-electron chi connectivity index (χ2n) is 4.77. The summed E-state index contributed by atoms with van der Waals surface area (Å²) in [6, 6.07) is 11.6. The van der Waals surface area contributed by atoms with Crippen LogP contribution in [0.3, 0.4) is 0 Å². The van der Waals surface area contributed by atoms with Crippen LogP contribution in [0.5, 0.6) is 0 Å². The largest absolute Gasteiger partial charge is 0.398 e. The maximum atomic E-state index is 8.94. The van der Waals surface area contributed by atoms with Crippen molar-refractivity contribution in [1.82, 2.24) is 9.97 Å². The SMILES string of the molecule is CC(C)N(Cc1ccccc1N)c1nccc(C#N)n1. The third-order valence-corrected chi connectivity index (χ3v) is 3.03. The molecule has 0 amide bonds. The zero-order valence-electron chi connectivity index (χ0n) is 11.6. The average molecular weight is 267 g/mol. The van der Waals surface area contributed by atoms with Gasteiger partial charge >= 0.3 is 0 Å². The van der Waals surface area contributed by atoms with E-state index in [9.17, 15) is 0 Å². The lowest BCUT2D eigenvalue weighted by Crippen LogP contribution is -2.32. The first-order valence-electron chi connectivity index (χ1n) is 6.45. The van der Waals surface area contributed by atoms with Gasteiger partial charge in [0.1, 0.15) is 11.8 Å². The molecule has 5 nitrogen and oxygen atoms in total. The molecule has 1 heterocycles. The van der Waals surface area contributed by atoms with E-state index in [0.717, 1.165) is 11.3 Å². The number of para-hydroxylation sites is 1. The molecule has 0 bridgehead atoms. The van der Waals surface area contributed by atoms with Crippen LogP contribution in [0.1, 0.15) is 25.1 Å². The quantitative estimate of drug-likeness (QED) is 0.860. The van der Waals surface area contributed by atoms with E-state index in [-0.39, 0.29) is 6.04 Å². The Morgan fingerprint density at radius 2 is 2.05 bits per heavy atom. The van der Waals surface area contributed by atoms with Gasteiger partial charge in [0.25, 0.3) is 0 Å². The monoisotopic (exact) mass is 267 g/mol. The minimum absolute atomic E-state index is 0.198. The van der Waals surface area contributed by atoms with Crippen LogP contribution in [0.15, 0.2) is 36.5 Å². The van der Waals surface area contributed by atoms with Gasteiger partial charge in [0.2, 0.25) is 5.95 Å². The molecule has 0 aliphatic rings. The van der Waals surface area contributed by atoms with Crippen molar-refractivity contribution >= 4 is 11.6 Å². The Labute approximate surface area is 118 Å². The van der Waals surface area contributed by atoms with Gasteiger partial charge in [-0.05, 0) is 31.5 Å². The van der Waals surface area contributed by atoms with Crippen LogP contribution in [0.2, 0.25) is 0 Å².